The fraction of sp³-hybridized carbons (Fsp3) is 0.357. The first-order valence-corrected chi connectivity index (χ1v) is 6.32. The summed E-state index contributed by atoms with van der Waals surface area (Å²) >= 11 is 6.43. The largest absolute Gasteiger partial charge is 0.494 e. The number of hydrogen-bond acceptors (Lipinski definition) is 2. The zero-order chi connectivity index (χ0) is 13.3. The van der Waals surface area contributed by atoms with Crippen LogP contribution >= 0.6 is 11.6 Å². The minimum Gasteiger partial charge on any atom is -0.494 e. The Morgan fingerprint density at radius 3 is 2.50 bits per heavy atom. The Balaban J connectivity index is 2.62. The predicted octanol–water partition coefficient (Wildman–Crippen LogP) is 3.97. The van der Waals surface area contributed by atoms with Crippen molar-refractivity contribution in [3.05, 3.63) is 40.7 Å². The van der Waals surface area contributed by atoms with Gasteiger partial charge in [-0.25, -0.2) is 4.68 Å². The van der Waals surface area contributed by atoms with Gasteiger partial charge in [-0.1, -0.05) is 37.6 Å². The minimum absolute atomic E-state index is 0.348. The van der Waals surface area contributed by atoms with Crippen molar-refractivity contribution in [2.24, 2.45) is 0 Å². The second-order valence-corrected chi connectivity index (χ2v) is 4.89. The number of nitrogens with zero attached hydrogens (tertiary/aromatic N) is 2. The molecule has 2 aromatic rings. The van der Waals surface area contributed by atoms with Crippen LogP contribution in [0.4, 0.5) is 0 Å². The van der Waals surface area contributed by atoms with E-state index in [1.54, 1.807) is 11.8 Å². The number of aryl methyl sites for hydroxylation is 1. The van der Waals surface area contributed by atoms with Crippen LogP contribution in [0.1, 0.15) is 31.0 Å². The highest BCUT2D eigenvalue weighted by Gasteiger charge is 2.18. The van der Waals surface area contributed by atoms with Crippen LogP contribution in [0.3, 0.4) is 0 Å². The first kappa shape index (κ1) is 13.0. The van der Waals surface area contributed by atoms with E-state index in [1.165, 1.54) is 0 Å². The van der Waals surface area contributed by atoms with E-state index in [2.05, 4.69) is 18.9 Å². The smallest absolute Gasteiger partial charge is 0.144 e. The van der Waals surface area contributed by atoms with Crippen molar-refractivity contribution in [1.82, 2.24) is 9.78 Å². The van der Waals surface area contributed by atoms with Crippen molar-refractivity contribution in [1.29, 1.82) is 0 Å². The van der Waals surface area contributed by atoms with Crippen LogP contribution in [0.15, 0.2) is 24.3 Å². The van der Waals surface area contributed by atoms with Gasteiger partial charge in [0.25, 0.3) is 0 Å². The Morgan fingerprint density at radius 2 is 1.94 bits per heavy atom. The molecule has 0 atom stereocenters. The zero-order valence-corrected chi connectivity index (χ0v) is 11.8. The van der Waals surface area contributed by atoms with Crippen molar-refractivity contribution in [2.75, 3.05) is 7.11 Å². The lowest BCUT2D eigenvalue weighted by Gasteiger charge is -2.09. The molecule has 4 heteroatoms. The Morgan fingerprint density at radius 1 is 1.28 bits per heavy atom. The number of para-hydroxylation sites is 2. The molecule has 1 aromatic carbocycles. The van der Waals surface area contributed by atoms with Crippen LogP contribution in [-0.4, -0.2) is 16.9 Å². The van der Waals surface area contributed by atoms with Crippen LogP contribution in [-0.2, 0) is 0 Å². The van der Waals surface area contributed by atoms with Crippen molar-refractivity contribution < 1.29 is 4.74 Å². The van der Waals surface area contributed by atoms with Crippen LogP contribution in [0.5, 0.6) is 5.75 Å². The highest BCUT2D eigenvalue weighted by molar-refractivity contribution is 6.30. The molecule has 0 amide bonds. The van der Waals surface area contributed by atoms with Crippen molar-refractivity contribution >= 4 is 11.6 Å². The molecule has 0 saturated carbocycles. The molecular formula is C14H17ClN2O. The normalized spacial score (nSPS) is 11.0. The van der Waals surface area contributed by atoms with Gasteiger partial charge in [-0.15, -0.1) is 0 Å². The standard InChI is InChI=1S/C14H17ClN2O/c1-9(2)13-10(3)16-17(14(13)15)11-7-5-6-8-12(11)18-4/h5-9H,1-4H3. The van der Waals surface area contributed by atoms with Gasteiger partial charge in [0, 0.05) is 5.56 Å². The molecule has 0 aliphatic rings. The lowest BCUT2D eigenvalue weighted by atomic mass is 10.1. The first-order valence-electron chi connectivity index (χ1n) is 5.94. The SMILES string of the molecule is COc1ccccc1-n1nc(C)c(C(C)C)c1Cl. The number of methoxy groups -OCH3 is 1. The van der Waals surface area contributed by atoms with Crippen LogP contribution in [0.2, 0.25) is 5.15 Å². The maximum atomic E-state index is 6.43. The Hall–Kier alpha value is -1.48. The first-order chi connectivity index (χ1) is 8.56. The summed E-state index contributed by atoms with van der Waals surface area (Å²) < 4.78 is 7.09. The van der Waals surface area contributed by atoms with Gasteiger partial charge >= 0.3 is 0 Å². The second-order valence-electron chi connectivity index (χ2n) is 4.53. The molecule has 3 nitrogen and oxygen atoms in total. The molecular weight excluding hydrogens is 248 g/mol. The summed E-state index contributed by atoms with van der Waals surface area (Å²) in [5.74, 6) is 1.11. The summed E-state index contributed by atoms with van der Waals surface area (Å²) in [6, 6.07) is 7.72. The average molecular weight is 265 g/mol. The summed E-state index contributed by atoms with van der Waals surface area (Å²) in [6.07, 6.45) is 0. The molecule has 0 aliphatic carbocycles. The number of hydrogen-bond donors (Lipinski definition) is 0. The molecule has 2 rings (SSSR count). The minimum atomic E-state index is 0.348. The third kappa shape index (κ3) is 2.10. The third-order valence-corrected chi connectivity index (χ3v) is 3.30. The molecule has 0 aliphatic heterocycles. The van der Waals surface area contributed by atoms with E-state index in [9.17, 15) is 0 Å². The van der Waals surface area contributed by atoms with Crippen molar-refractivity contribution in [2.45, 2.75) is 26.7 Å². The second kappa shape index (κ2) is 5.02. The van der Waals surface area contributed by atoms with E-state index in [4.69, 9.17) is 16.3 Å². The molecule has 0 saturated heterocycles. The molecule has 0 bridgehead atoms. The lowest BCUT2D eigenvalue weighted by Crippen LogP contribution is -2.00. The zero-order valence-electron chi connectivity index (χ0n) is 11.1. The lowest BCUT2D eigenvalue weighted by molar-refractivity contribution is 0.411. The predicted molar refractivity (Wildman–Crippen MR) is 74.0 cm³/mol. The van der Waals surface area contributed by atoms with E-state index >= 15 is 0 Å². The maximum absolute atomic E-state index is 6.43. The Kier molecular flexibility index (Phi) is 3.62. The van der Waals surface area contributed by atoms with E-state index in [0.717, 1.165) is 22.7 Å². The van der Waals surface area contributed by atoms with E-state index in [0.29, 0.717) is 11.1 Å². The number of aromatic nitrogens is 2. The topological polar surface area (TPSA) is 27.1 Å². The van der Waals surface area contributed by atoms with Gasteiger partial charge < -0.3 is 4.74 Å². The van der Waals surface area contributed by atoms with Gasteiger partial charge in [-0.05, 0) is 25.0 Å². The molecule has 18 heavy (non-hydrogen) atoms. The molecule has 0 radical (unpaired) electrons. The van der Waals surface area contributed by atoms with Gasteiger partial charge in [-0.3, -0.25) is 0 Å². The molecule has 0 unspecified atom stereocenters. The van der Waals surface area contributed by atoms with Gasteiger partial charge in [0.15, 0.2) is 0 Å². The fourth-order valence-corrected chi connectivity index (χ4v) is 2.62. The van der Waals surface area contributed by atoms with E-state index in [-0.39, 0.29) is 0 Å². The van der Waals surface area contributed by atoms with Gasteiger partial charge in [0.1, 0.15) is 16.6 Å². The number of halogens is 1. The van der Waals surface area contributed by atoms with E-state index < -0.39 is 0 Å². The maximum Gasteiger partial charge on any atom is 0.144 e. The molecule has 0 spiro atoms. The quantitative estimate of drug-likeness (QED) is 0.839. The molecule has 1 heterocycles. The monoisotopic (exact) mass is 264 g/mol. The summed E-state index contributed by atoms with van der Waals surface area (Å²) in [7, 11) is 1.65. The summed E-state index contributed by atoms with van der Waals surface area (Å²) in [6.45, 7) is 6.21. The fourth-order valence-electron chi connectivity index (χ4n) is 2.13. The van der Waals surface area contributed by atoms with Gasteiger partial charge in [0.05, 0.1) is 12.8 Å². The molecule has 0 fully saturated rings. The summed E-state index contributed by atoms with van der Waals surface area (Å²) in [5.41, 5.74) is 2.91. The number of benzene rings is 1. The van der Waals surface area contributed by atoms with E-state index in [1.807, 2.05) is 31.2 Å². The highest BCUT2D eigenvalue weighted by atomic mass is 35.5. The van der Waals surface area contributed by atoms with Gasteiger partial charge in [-0.2, -0.15) is 5.10 Å². The van der Waals surface area contributed by atoms with Crippen LogP contribution < -0.4 is 4.74 Å². The third-order valence-electron chi connectivity index (χ3n) is 2.94. The molecule has 96 valence electrons. The summed E-state index contributed by atoms with van der Waals surface area (Å²) in [4.78, 5) is 0. The Bertz CT molecular complexity index is 561. The van der Waals surface area contributed by atoms with Crippen molar-refractivity contribution in [3.63, 3.8) is 0 Å². The number of ether oxygens (including phenoxy) is 1. The molecule has 0 N–H and O–H groups in total. The number of rotatable bonds is 3. The van der Waals surface area contributed by atoms with Crippen molar-refractivity contribution in [3.8, 4) is 11.4 Å². The highest BCUT2D eigenvalue weighted by Crippen LogP contribution is 2.32. The Labute approximate surface area is 112 Å². The van der Waals surface area contributed by atoms with Gasteiger partial charge in [0.2, 0.25) is 0 Å². The molecule has 1 aromatic heterocycles. The average Bonchev–Trinajstić information content (AvgIpc) is 2.64. The summed E-state index contributed by atoms with van der Waals surface area (Å²) in [5, 5.41) is 5.17. The van der Waals surface area contributed by atoms with Crippen LogP contribution in [0, 0.1) is 6.92 Å². The van der Waals surface area contributed by atoms with Crippen LogP contribution in [0.25, 0.3) is 5.69 Å².